The maximum atomic E-state index is 12.6. The Bertz CT molecular complexity index is 2230. The van der Waals surface area contributed by atoms with E-state index < -0.39 is 5.97 Å². The van der Waals surface area contributed by atoms with E-state index in [0.717, 1.165) is 16.8 Å². The van der Waals surface area contributed by atoms with Crippen molar-refractivity contribution in [3.8, 4) is 28.6 Å². The van der Waals surface area contributed by atoms with E-state index in [4.69, 9.17) is 5.26 Å². The number of hydrogen-bond acceptors (Lipinski definition) is 10. The van der Waals surface area contributed by atoms with Gasteiger partial charge in [-0.15, -0.1) is 0 Å². The van der Waals surface area contributed by atoms with Crippen molar-refractivity contribution < 1.29 is 9.53 Å². The van der Waals surface area contributed by atoms with Crippen molar-refractivity contribution in [3.63, 3.8) is 0 Å². The molecule has 0 aliphatic heterocycles. The lowest BCUT2D eigenvalue weighted by Gasteiger charge is -2.11. The van der Waals surface area contributed by atoms with Crippen molar-refractivity contribution >= 4 is 28.7 Å². The van der Waals surface area contributed by atoms with Crippen molar-refractivity contribution in [2.75, 3.05) is 17.7 Å². The number of pyridine rings is 1. The van der Waals surface area contributed by atoms with Gasteiger partial charge in [-0.3, -0.25) is 14.6 Å². The molecule has 0 radical (unpaired) electrons. The molecule has 250 valence electrons. The van der Waals surface area contributed by atoms with Crippen LogP contribution < -0.4 is 21.8 Å². The van der Waals surface area contributed by atoms with Crippen LogP contribution in [0.25, 0.3) is 22.5 Å². The summed E-state index contributed by atoms with van der Waals surface area (Å²) in [6.45, 7) is 4.68. The Hall–Kier alpha value is -6.87. The van der Waals surface area contributed by atoms with Gasteiger partial charge in [-0.25, -0.2) is 14.2 Å². The summed E-state index contributed by atoms with van der Waals surface area (Å²) < 4.78 is 7.52. The number of aryl methyl sites for hydroxylation is 2. The molecule has 6 rings (SSSR count). The van der Waals surface area contributed by atoms with Gasteiger partial charge in [0.1, 0.15) is 11.4 Å². The number of carbonyl (C=O) groups excluding carboxylic acids is 1. The second kappa shape index (κ2) is 16.3. The van der Waals surface area contributed by atoms with Crippen LogP contribution in [0.4, 0.5) is 22.7 Å². The number of hydrogen-bond donors (Lipinski definition) is 2. The molecule has 0 fully saturated rings. The number of aromatic nitrogens is 5. The van der Waals surface area contributed by atoms with Crippen molar-refractivity contribution in [1.82, 2.24) is 24.5 Å². The van der Waals surface area contributed by atoms with Crippen LogP contribution in [0.2, 0.25) is 0 Å². The van der Waals surface area contributed by atoms with Gasteiger partial charge in [0.15, 0.2) is 0 Å². The van der Waals surface area contributed by atoms with Crippen molar-refractivity contribution in [1.29, 1.82) is 5.26 Å². The molecular formula is C38H34N8O4. The van der Waals surface area contributed by atoms with Crippen LogP contribution in [0.5, 0.6) is 0 Å². The zero-order valence-corrected chi connectivity index (χ0v) is 27.7. The molecule has 2 N–H and O–H groups in total. The number of methoxy groups -OCH3 is 1. The van der Waals surface area contributed by atoms with Gasteiger partial charge in [-0.2, -0.15) is 15.5 Å². The van der Waals surface area contributed by atoms with Crippen LogP contribution in [-0.4, -0.2) is 37.6 Å². The summed E-state index contributed by atoms with van der Waals surface area (Å²) in [6.07, 6.45) is 3.40. The number of rotatable bonds is 9. The number of nitriles is 1. The average molecular weight is 667 g/mol. The van der Waals surface area contributed by atoms with E-state index in [9.17, 15) is 14.4 Å². The van der Waals surface area contributed by atoms with E-state index >= 15 is 0 Å². The quantitative estimate of drug-likeness (QED) is 0.166. The predicted octanol–water partition coefficient (Wildman–Crippen LogP) is 6.40. The highest BCUT2D eigenvalue weighted by Crippen LogP contribution is 2.22. The summed E-state index contributed by atoms with van der Waals surface area (Å²) in [5, 5.41) is 23.9. The Labute approximate surface area is 288 Å². The van der Waals surface area contributed by atoms with Crippen LogP contribution >= 0.6 is 0 Å². The van der Waals surface area contributed by atoms with E-state index in [2.05, 4.69) is 36.6 Å². The number of nitrogens with zero attached hydrogens (tertiary/aromatic N) is 6. The van der Waals surface area contributed by atoms with Gasteiger partial charge < -0.3 is 15.4 Å². The second-order valence-corrected chi connectivity index (χ2v) is 10.7. The van der Waals surface area contributed by atoms with Gasteiger partial charge in [-0.1, -0.05) is 30.3 Å². The molecule has 0 amide bonds. The molecule has 0 aliphatic rings. The van der Waals surface area contributed by atoms with Crippen LogP contribution in [0.3, 0.4) is 0 Å². The number of ether oxygens (including phenoxy) is 1. The summed E-state index contributed by atoms with van der Waals surface area (Å²) in [5.41, 5.74) is 6.03. The van der Waals surface area contributed by atoms with Crippen LogP contribution in [0, 0.1) is 11.3 Å². The number of nitrogens with one attached hydrogen (secondary N) is 2. The monoisotopic (exact) mass is 666 g/mol. The smallest absolute Gasteiger partial charge is 0.337 e. The largest absolute Gasteiger partial charge is 0.465 e. The van der Waals surface area contributed by atoms with E-state index in [1.54, 1.807) is 73.1 Å². The number of carbonyl (C=O) groups is 1. The molecule has 0 bridgehead atoms. The Balaban J connectivity index is 0.000000195. The normalized spacial score (nSPS) is 10.3. The molecule has 12 heteroatoms. The first-order valence-corrected chi connectivity index (χ1v) is 15.8. The zero-order chi connectivity index (χ0) is 35.5. The molecule has 6 aromatic rings. The predicted molar refractivity (Wildman–Crippen MR) is 193 cm³/mol. The Morgan fingerprint density at radius 1 is 0.740 bits per heavy atom. The molecule has 3 aromatic carbocycles. The van der Waals surface area contributed by atoms with Crippen molar-refractivity contribution in [2.24, 2.45) is 0 Å². The van der Waals surface area contributed by atoms with E-state index in [0.29, 0.717) is 52.7 Å². The van der Waals surface area contributed by atoms with Gasteiger partial charge >= 0.3 is 5.97 Å². The standard InChI is InChI=1S/C20H19N3O3.C18H15N5O/c1-3-23-19(24)18(13-17(22-23)14-7-5-4-6-8-14)21-16-11-9-15(10-12-16)20(25)26-2;1-2-23-18(24)17(21-15-7-5-13(11-19)6-8-15)10-16(22-23)14-4-3-9-20-12-14/h4-13,21H,3H2,1-2H3;3-10,12,21H,2H2,1H3. The first-order valence-electron chi connectivity index (χ1n) is 15.8. The lowest BCUT2D eigenvalue weighted by molar-refractivity contribution is 0.0600. The van der Waals surface area contributed by atoms with Gasteiger partial charge in [0.2, 0.25) is 0 Å². The van der Waals surface area contributed by atoms with Gasteiger partial charge in [0.25, 0.3) is 11.1 Å². The Morgan fingerprint density at radius 3 is 1.74 bits per heavy atom. The summed E-state index contributed by atoms with van der Waals surface area (Å²) in [4.78, 5) is 40.7. The van der Waals surface area contributed by atoms with Crippen molar-refractivity contribution in [2.45, 2.75) is 26.9 Å². The molecule has 0 saturated carbocycles. The molecule has 3 heterocycles. The highest BCUT2D eigenvalue weighted by atomic mass is 16.5. The molecule has 0 aliphatic carbocycles. The minimum absolute atomic E-state index is 0.200. The maximum Gasteiger partial charge on any atom is 0.337 e. The lowest BCUT2D eigenvalue weighted by atomic mass is 10.1. The number of benzene rings is 3. The molecule has 0 unspecified atom stereocenters. The number of anilines is 4. The minimum Gasteiger partial charge on any atom is -0.465 e. The third-order valence-corrected chi connectivity index (χ3v) is 7.45. The molecule has 0 atom stereocenters. The highest BCUT2D eigenvalue weighted by molar-refractivity contribution is 5.89. The molecule has 0 saturated heterocycles. The molecule has 50 heavy (non-hydrogen) atoms. The van der Waals surface area contributed by atoms with E-state index in [1.165, 1.54) is 16.5 Å². The Kier molecular flexibility index (Phi) is 11.2. The van der Waals surface area contributed by atoms with Crippen molar-refractivity contribution in [3.05, 3.63) is 147 Å². The van der Waals surface area contributed by atoms with Crippen LogP contribution in [0.1, 0.15) is 29.8 Å². The average Bonchev–Trinajstić information content (AvgIpc) is 3.17. The first-order chi connectivity index (χ1) is 24.3. The summed E-state index contributed by atoms with van der Waals surface area (Å²) in [5.74, 6) is -0.403. The third kappa shape index (κ3) is 8.34. The van der Waals surface area contributed by atoms with E-state index in [-0.39, 0.29) is 11.1 Å². The molecular weight excluding hydrogens is 632 g/mol. The fourth-order valence-electron chi connectivity index (χ4n) is 4.84. The highest BCUT2D eigenvalue weighted by Gasteiger charge is 2.12. The zero-order valence-electron chi connectivity index (χ0n) is 27.7. The SMILES string of the molecule is CCn1nc(-c2ccccc2)cc(Nc2ccc(C(=O)OC)cc2)c1=O.CCn1nc(-c2cccnc2)cc(Nc2ccc(C#N)cc2)c1=O. The number of esters is 1. The fraction of sp³-hybridized carbons (Fsp3) is 0.132. The summed E-state index contributed by atoms with van der Waals surface area (Å²) >= 11 is 0. The summed E-state index contributed by atoms with van der Waals surface area (Å²) in [6, 6.07) is 32.6. The third-order valence-electron chi connectivity index (χ3n) is 7.45. The fourth-order valence-corrected chi connectivity index (χ4v) is 4.84. The van der Waals surface area contributed by atoms with E-state index in [1.807, 2.05) is 56.3 Å². The maximum absolute atomic E-state index is 12.6. The first kappa shape index (κ1) is 34.5. The Morgan fingerprint density at radius 2 is 1.26 bits per heavy atom. The van der Waals surface area contributed by atoms with Crippen LogP contribution in [-0.2, 0) is 17.8 Å². The van der Waals surface area contributed by atoms with Gasteiger partial charge in [0.05, 0.1) is 35.7 Å². The van der Waals surface area contributed by atoms with Gasteiger partial charge in [0, 0.05) is 48.0 Å². The second-order valence-electron chi connectivity index (χ2n) is 10.7. The van der Waals surface area contributed by atoms with Crippen LogP contribution in [0.15, 0.2) is 125 Å². The van der Waals surface area contributed by atoms with Gasteiger partial charge in [-0.05, 0) is 86.6 Å². The summed E-state index contributed by atoms with van der Waals surface area (Å²) in [7, 11) is 1.34. The molecule has 3 aromatic heterocycles. The molecule has 0 spiro atoms. The minimum atomic E-state index is -0.403. The lowest BCUT2D eigenvalue weighted by Crippen LogP contribution is -2.24. The topological polar surface area (TPSA) is 157 Å². The molecule has 12 nitrogen and oxygen atoms in total.